The fraction of sp³-hybridized carbons (Fsp3) is 0.217. The van der Waals surface area contributed by atoms with Gasteiger partial charge in [-0.2, -0.15) is 0 Å². The summed E-state index contributed by atoms with van der Waals surface area (Å²) in [5.41, 5.74) is 7.23. The molecule has 160 valence electrons. The van der Waals surface area contributed by atoms with E-state index in [4.69, 9.17) is 4.74 Å². The number of anilines is 3. The molecule has 0 saturated heterocycles. The first kappa shape index (κ1) is 21.3. The molecule has 0 aliphatic carbocycles. The van der Waals surface area contributed by atoms with E-state index < -0.39 is 0 Å². The lowest BCUT2D eigenvalue weighted by atomic mass is 9.89. The molecular formula is C23H20Br3N3O2. The number of ether oxygens (including phenoxy) is 1. The van der Waals surface area contributed by atoms with Crippen molar-refractivity contribution >= 4 is 64.9 Å². The van der Waals surface area contributed by atoms with Crippen molar-refractivity contribution in [2.75, 3.05) is 21.7 Å². The van der Waals surface area contributed by atoms with Gasteiger partial charge in [-0.05, 0) is 61.5 Å². The predicted molar refractivity (Wildman–Crippen MR) is 134 cm³/mol. The second-order valence-corrected chi connectivity index (χ2v) is 10.4. The molecule has 8 heteroatoms. The van der Waals surface area contributed by atoms with Crippen molar-refractivity contribution in [3.8, 4) is 0 Å². The van der Waals surface area contributed by atoms with Gasteiger partial charge in [0.2, 0.25) is 0 Å². The molecule has 0 radical (unpaired) electrons. The molecule has 31 heavy (non-hydrogen) atoms. The fourth-order valence-electron chi connectivity index (χ4n) is 4.97. The van der Waals surface area contributed by atoms with E-state index in [0.717, 1.165) is 19.1 Å². The van der Waals surface area contributed by atoms with Crippen molar-refractivity contribution in [2.45, 2.75) is 25.5 Å². The van der Waals surface area contributed by atoms with Crippen molar-refractivity contribution < 1.29 is 10.2 Å². The van der Waals surface area contributed by atoms with Gasteiger partial charge in [-0.1, -0.05) is 47.8 Å². The first-order chi connectivity index (χ1) is 14.6. The molecule has 0 amide bonds. The summed E-state index contributed by atoms with van der Waals surface area (Å²) in [6.45, 7) is 2.70. The highest BCUT2D eigenvalue weighted by atomic mass is 79.9. The van der Waals surface area contributed by atoms with E-state index >= 15 is 0 Å². The molecule has 0 unspecified atom stereocenters. The Bertz CT molecular complexity index is 1190. The average Bonchev–Trinajstić information content (AvgIpc) is 2.73. The summed E-state index contributed by atoms with van der Waals surface area (Å²) in [4.78, 5) is 4.92. The number of hydrogen-bond acceptors (Lipinski definition) is 4. The lowest BCUT2D eigenvalue weighted by Crippen LogP contribution is -2.57. The molecule has 3 atom stereocenters. The molecule has 0 aromatic heterocycles. The Balaban J connectivity index is 0.00000204. The second kappa shape index (κ2) is 7.78. The Morgan fingerprint density at radius 2 is 1.39 bits per heavy atom. The molecule has 3 heterocycles. The topological polar surface area (TPSA) is 59.2 Å². The zero-order chi connectivity index (χ0) is 20.6. The molecule has 3 aromatic carbocycles. The second-order valence-electron chi connectivity index (χ2n) is 7.68. The van der Waals surface area contributed by atoms with Crippen LogP contribution in [0.15, 0.2) is 68.0 Å². The zero-order valence-corrected chi connectivity index (χ0v) is 21.3. The first-order valence-electron chi connectivity index (χ1n) is 9.90. The molecule has 6 rings (SSSR count). The van der Waals surface area contributed by atoms with Gasteiger partial charge in [0.1, 0.15) is 12.3 Å². The number of halogens is 3. The quantitative estimate of drug-likeness (QED) is 0.354. The average molecular weight is 610 g/mol. The van der Waals surface area contributed by atoms with Gasteiger partial charge < -0.3 is 25.3 Å². The van der Waals surface area contributed by atoms with E-state index in [1.54, 1.807) is 0 Å². The van der Waals surface area contributed by atoms with Crippen LogP contribution >= 0.6 is 47.8 Å². The highest BCUT2D eigenvalue weighted by molar-refractivity contribution is 9.11. The summed E-state index contributed by atoms with van der Waals surface area (Å²) in [6.07, 6.45) is -0.0906. The van der Waals surface area contributed by atoms with Crippen molar-refractivity contribution in [1.82, 2.24) is 0 Å². The monoisotopic (exact) mass is 607 g/mol. The molecule has 3 aromatic rings. The van der Waals surface area contributed by atoms with Gasteiger partial charge in [0, 0.05) is 53.8 Å². The van der Waals surface area contributed by atoms with Crippen LogP contribution in [0.5, 0.6) is 0 Å². The van der Waals surface area contributed by atoms with Crippen LogP contribution in [0.2, 0.25) is 0 Å². The minimum Gasteiger partial charge on any atom is -0.412 e. The van der Waals surface area contributed by atoms with Gasteiger partial charge in [0.15, 0.2) is 6.23 Å². The predicted octanol–water partition coefficient (Wildman–Crippen LogP) is 6.65. The third kappa shape index (κ3) is 3.07. The third-order valence-electron chi connectivity index (χ3n) is 6.06. The minimum atomic E-state index is -0.172. The zero-order valence-electron chi connectivity index (χ0n) is 16.6. The van der Waals surface area contributed by atoms with Crippen LogP contribution in [-0.2, 0) is 4.74 Å². The van der Waals surface area contributed by atoms with Gasteiger partial charge in [-0.25, -0.2) is 0 Å². The first-order valence-corrected chi connectivity index (χ1v) is 12.3. The normalized spacial score (nSPS) is 22.0. The van der Waals surface area contributed by atoms with E-state index in [-0.39, 0.29) is 24.0 Å². The lowest BCUT2D eigenvalue weighted by molar-refractivity contribution is 0.0453. The SMILES string of the molecule is CCO[C@H]1c2cc(Br)ccc2N2[C@@H]3c4cc(Br)ccc4N[C@H]2c2cc(Br)ccc2N31.O. The summed E-state index contributed by atoms with van der Waals surface area (Å²) in [5.74, 6) is 0. The smallest absolute Gasteiger partial charge is 0.160 e. The van der Waals surface area contributed by atoms with Crippen molar-refractivity contribution in [3.05, 3.63) is 84.7 Å². The highest BCUT2D eigenvalue weighted by Crippen LogP contribution is 2.59. The number of benzene rings is 3. The van der Waals surface area contributed by atoms with Crippen molar-refractivity contribution in [1.29, 1.82) is 0 Å². The van der Waals surface area contributed by atoms with E-state index in [0.29, 0.717) is 6.61 Å². The van der Waals surface area contributed by atoms with Gasteiger partial charge in [-0.15, -0.1) is 0 Å². The number of fused-ring (bicyclic) bond motifs is 5. The van der Waals surface area contributed by atoms with Crippen LogP contribution in [0.1, 0.15) is 42.2 Å². The Kier molecular flexibility index (Phi) is 5.34. The largest absolute Gasteiger partial charge is 0.412 e. The molecule has 0 saturated carbocycles. The number of nitrogens with zero attached hydrogens (tertiary/aromatic N) is 2. The molecule has 0 spiro atoms. The van der Waals surface area contributed by atoms with Gasteiger partial charge in [-0.3, -0.25) is 0 Å². The maximum absolute atomic E-state index is 6.41. The molecule has 3 aliphatic heterocycles. The maximum Gasteiger partial charge on any atom is 0.160 e. The highest BCUT2D eigenvalue weighted by Gasteiger charge is 2.51. The summed E-state index contributed by atoms with van der Waals surface area (Å²) in [7, 11) is 0. The summed E-state index contributed by atoms with van der Waals surface area (Å²) >= 11 is 11.0. The Labute approximate surface area is 206 Å². The number of rotatable bonds is 2. The third-order valence-corrected chi connectivity index (χ3v) is 7.54. The van der Waals surface area contributed by atoms with Crippen LogP contribution in [0.3, 0.4) is 0 Å². The Morgan fingerprint density at radius 3 is 2.06 bits per heavy atom. The summed E-state index contributed by atoms with van der Waals surface area (Å²) in [5, 5.41) is 3.80. The Hall–Kier alpha value is -1.58. The van der Waals surface area contributed by atoms with E-state index in [2.05, 4.69) is 124 Å². The molecule has 3 aliphatic rings. The van der Waals surface area contributed by atoms with E-state index in [1.807, 2.05) is 0 Å². The fourth-order valence-corrected chi connectivity index (χ4v) is 6.11. The maximum atomic E-state index is 6.41. The molecule has 4 bridgehead atoms. The molecule has 0 fully saturated rings. The summed E-state index contributed by atoms with van der Waals surface area (Å²) < 4.78 is 9.62. The number of hydrogen-bond donors (Lipinski definition) is 1. The van der Waals surface area contributed by atoms with Gasteiger partial charge >= 0.3 is 0 Å². The Morgan fingerprint density at radius 1 is 0.806 bits per heavy atom. The van der Waals surface area contributed by atoms with Gasteiger partial charge in [0.05, 0.1) is 0 Å². The molecule has 5 nitrogen and oxygen atoms in total. The van der Waals surface area contributed by atoms with Crippen LogP contribution in [0.4, 0.5) is 17.1 Å². The van der Waals surface area contributed by atoms with Crippen molar-refractivity contribution in [2.24, 2.45) is 0 Å². The van der Waals surface area contributed by atoms with Crippen LogP contribution in [0.25, 0.3) is 0 Å². The van der Waals surface area contributed by atoms with E-state index in [1.165, 1.54) is 28.1 Å². The van der Waals surface area contributed by atoms with Crippen molar-refractivity contribution in [3.63, 3.8) is 0 Å². The lowest BCUT2D eigenvalue weighted by Gasteiger charge is -2.60. The number of nitrogens with one attached hydrogen (secondary N) is 1. The van der Waals surface area contributed by atoms with Gasteiger partial charge in [0.25, 0.3) is 0 Å². The van der Waals surface area contributed by atoms with Crippen LogP contribution in [-0.4, -0.2) is 12.1 Å². The standard InChI is InChI=1S/C23H18Br3N3O.H2O/c1-2-30-23-17-11-14(26)5-8-20(17)28-21-16-10-13(25)4-7-19(16)29(23)22(28)15-9-12(24)3-6-18(15)27-21;/h3-11,21-23,27H,2H2,1H3;1H2/t21-,22+,23+;/m1./s1. The van der Waals surface area contributed by atoms with Crippen LogP contribution < -0.4 is 15.1 Å². The summed E-state index contributed by atoms with van der Waals surface area (Å²) in [6, 6.07) is 19.5. The van der Waals surface area contributed by atoms with E-state index in [9.17, 15) is 0 Å². The molecule has 3 N–H and O–H groups in total. The minimum absolute atomic E-state index is 0. The molecular weight excluding hydrogens is 590 g/mol. The van der Waals surface area contributed by atoms with Crippen LogP contribution in [0, 0.1) is 0 Å².